The summed E-state index contributed by atoms with van der Waals surface area (Å²) in [6.45, 7) is 3.46. The van der Waals surface area contributed by atoms with Gasteiger partial charge in [0, 0.05) is 19.1 Å². The predicted molar refractivity (Wildman–Crippen MR) is 63.6 cm³/mol. The van der Waals surface area contributed by atoms with E-state index in [-0.39, 0.29) is 23.8 Å². The van der Waals surface area contributed by atoms with E-state index in [1.807, 2.05) is 0 Å². The Morgan fingerprint density at radius 3 is 2.56 bits per heavy atom. The number of nitrogens with one attached hydrogen (secondary N) is 1. The molecule has 6 heteroatoms. The van der Waals surface area contributed by atoms with Gasteiger partial charge in [0.2, 0.25) is 5.91 Å². The molecule has 0 unspecified atom stereocenters. The molecule has 0 spiro atoms. The number of hydrogen-bond donors (Lipinski definition) is 2. The average molecular weight is 246 g/mol. The molecule has 0 aromatic carbocycles. The summed E-state index contributed by atoms with van der Waals surface area (Å²) >= 11 is 3.90. The van der Waals surface area contributed by atoms with Gasteiger partial charge in [0.05, 0.1) is 12.4 Å². The Morgan fingerprint density at radius 1 is 1.44 bits per heavy atom. The number of amides is 2. The summed E-state index contributed by atoms with van der Waals surface area (Å²) in [4.78, 5) is 24.2. The van der Waals surface area contributed by atoms with Gasteiger partial charge in [0.15, 0.2) is 0 Å². The monoisotopic (exact) mass is 246 g/mol. The smallest absolute Gasteiger partial charge is 0.409 e. The first-order chi connectivity index (χ1) is 7.67. The largest absolute Gasteiger partial charge is 0.450 e. The van der Waals surface area contributed by atoms with Crippen molar-refractivity contribution in [2.24, 2.45) is 0 Å². The molecular weight excluding hydrogens is 228 g/mol. The van der Waals surface area contributed by atoms with Crippen LogP contribution >= 0.6 is 12.6 Å². The fourth-order valence-electron chi connectivity index (χ4n) is 1.69. The number of carbonyl (C=O) groups is 2. The molecular formula is C10H18N2O3S. The van der Waals surface area contributed by atoms with Gasteiger partial charge in [0.25, 0.3) is 0 Å². The van der Waals surface area contributed by atoms with Gasteiger partial charge in [-0.25, -0.2) is 4.79 Å². The lowest BCUT2D eigenvalue weighted by molar-refractivity contribution is -0.119. The molecule has 0 aromatic rings. The van der Waals surface area contributed by atoms with Crippen LogP contribution in [0.15, 0.2) is 0 Å². The first-order valence-electron chi connectivity index (χ1n) is 5.49. The molecule has 92 valence electrons. The molecule has 0 bridgehead atoms. The van der Waals surface area contributed by atoms with Crippen molar-refractivity contribution in [1.82, 2.24) is 10.2 Å². The molecule has 0 radical (unpaired) electrons. The van der Waals surface area contributed by atoms with Crippen LogP contribution in [0.5, 0.6) is 0 Å². The summed E-state index contributed by atoms with van der Waals surface area (Å²) in [7, 11) is 0. The Labute approximate surface area is 101 Å². The zero-order chi connectivity index (χ0) is 12.0. The predicted octanol–water partition coefficient (Wildman–Crippen LogP) is 0.653. The van der Waals surface area contributed by atoms with E-state index in [1.165, 1.54) is 0 Å². The van der Waals surface area contributed by atoms with E-state index in [4.69, 9.17) is 4.74 Å². The van der Waals surface area contributed by atoms with Gasteiger partial charge in [0.1, 0.15) is 0 Å². The number of rotatable bonds is 3. The summed E-state index contributed by atoms with van der Waals surface area (Å²) in [5.41, 5.74) is 0. The van der Waals surface area contributed by atoms with Crippen molar-refractivity contribution in [3.8, 4) is 0 Å². The molecule has 1 aliphatic rings. The standard InChI is InChI=1S/C10H18N2O3S/c1-2-15-10(14)12-5-3-8(4-6-12)11-9(13)7-16/h8,16H,2-7H2,1H3,(H,11,13). The molecule has 16 heavy (non-hydrogen) atoms. The SMILES string of the molecule is CCOC(=O)N1CCC(NC(=O)CS)CC1. The third kappa shape index (κ3) is 3.92. The van der Waals surface area contributed by atoms with Crippen LogP contribution in [-0.2, 0) is 9.53 Å². The molecule has 1 saturated heterocycles. The zero-order valence-corrected chi connectivity index (χ0v) is 10.3. The lowest BCUT2D eigenvalue weighted by Crippen LogP contribution is -2.47. The van der Waals surface area contributed by atoms with Gasteiger partial charge in [-0.15, -0.1) is 0 Å². The molecule has 1 fully saturated rings. The highest BCUT2D eigenvalue weighted by molar-refractivity contribution is 7.81. The van der Waals surface area contributed by atoms with Crippen LogP contribution in [0.2, 0.25) is 0 Å². The second-order valence-electron chi connectivity index (χ2n) is 3.69. The summed E-state index contributed by atoms with van der Waals surface area (Å²) < 4.78 is 4.91. The highest BCUT2D eigenvalue weighted by Crippen LogP contribution is 2.11. The van der Waals surface area contributed by atoms with Crippen LogP contribution in [-0.4, -0.2) is 48.4 Å². The molecule has 0 aromatic heterocycles. The van der Waals surface area contributed by atoms with Crippen molar-refractivity contribution in [1.29, 1.82) is 0 Å². The van der Waals surface area contributed by atoms with Crippen molar-refractivity contribution in [3.05, 3.63) is 0 Å². The van der Waals surface area contributed by atoms with Gasteiger partial charge >= 0.3 is 6.09 Å². The average Bonchev–Trinajstić information content (AvgIpc) is 2.30. The van der Waals surface area contributed by atoms with E-state index in [0.717, 1.165) is 12.8 Å². The molecule has 1 N–H and O–H groups in total. The van der Waals surface area contributed by atoms with E-state index in [1.54, 1.807) is 11.8 Å². The molecule has 1 rings (SSSR count). The Morgan fingerprint density at radius 2 is 2.06 bits per heavy atom. The second kappa shape index (κ2) is 6.62. The highest BCUT2D eigenvalue weighted by atomic mass is 32.1. The molecule has 5 nitrogen and oxygen atoms in total. The lowest BCUT2D eigenvalue weighted by atomic mass is 10.1. The maximum absolute atomic E-state index is 11.4. The Bertz CT molecular complexity index is 252. The molecule has 2 amide bonds. The molecule has 1 heterocycles. The maximum atomic E-state index is 11.4. The molecule has 0 aliphatic carbocycles. The van der Waals surface area contributed by atoms with Crippen molar-refractivity contribution < 1.29 is 14.3 Å². The fourth-order valence-corrected chi connectivity index (χ4v) is 1.79. The van der Waals surface area contributed by atoms with Gasteiger partial charge in [-0.2, -0.15) is 12.6 Å². The minimum Gasteiger partial charge on any atom is -0.450 e. The number of likely N-dealkylation sites (tertiary alicyclic amines) is 1. The number of thiol groups is 1. The Kier molecular flexibility index (Phi) is 5.45. The minimum absolute atomic E-state index is 0.0575. The Balaban J connectivity index is 2.28. The van der Waals surface area contributed by atoms with Gasteiger partial charge < -0.3 is 15.0 Å². The topological polar surface area (TPSA) is 58.6 Å². The van der Waals surface area contributed by atoms with Crippen LogP contribution in [0.1, 0.15) is 19.8 Å². The van der Waals surface area contributed by atoms with Crippen molar-refractivity contribution in [2.75, 3.05) is 25.4 Å². The highest BCUT2D eigenvalue weighted by Gasteiger charge is 2.23. The summed E-state index contributed by atoms with van der Waals surface area (Å²) in [6.07, 6.45) is 1.29. The normalized spacial score (nSPS) is 17.0. The van der Waals surface area contributed by atoms with E-state index < -0.39 is 0 Å². The van der Waals surface area contributed by atoms with Gasteiger partial charge in [-0.3, -0.25) is 4.79 Å². The second-order valence-corrected chi connectivity index (χ2v) is 4.00. The summed E-state index contributed by atoms with van der Waals surface area (Å²) in [5, 5.41) is 2.87. The number of carbonyl (C=O) groups excluding carboxylic acids is 2. The van der Waals surface area contributed by atoms with E-state index >= 15 is 0 Å². The Hall–Kier alpha value is -0.910. The molecule has 0 atom stereocenters. The number of ether oxygens (including phenoxy) is 1. The molecule has 0 saturated carbocycles. The van der Waals surface area contributed by atoms with E-state index in [0.29, 0.717) is 19.7 Å². The third-order valence-corrected chi connectivity index (χ3v) is 2.82. The lowest BCUT2D eigenvalue weighted by Gasteiger charge is -2.31. The first kappa shape index (κ1) is 13.2. The van der Waals surface area contributed by atoms with Crippen LogP contribution in [0, 0.1) is 0 Å². The molecule has 1 aliphatic heterocycles. The number of nitrogens with zero attached hydrogens (tertiary/aromatic N) is 1. The van der Waals surface area contributed by atoms with Crippen molar-refractivity contribution >= 4 is 24.6 Å². The minimum atomic E-state index is -0.263. The fraction of sp³-hybridized carbons (Fsp3) is 0.800. The quantitative estimate of drug-likeness (QED) is 0.719. The maximum Gasteiger partial charge on any atom is 0.409 e. The zero-order valence-electron chi connectivity index (χ0n) is 9.44. The van der Waals surface area contributed by atoms with Crippen molar-refractivity contribution in [2.45, 2.75) is 25.8 Å². The van der Waals surface area contributed by atoms with Crippen LogP contribution in [0.3, 0.4) is 0 Å². The van der Waals surface area contributed by atoms with E-state index in [2.05, 4.69) is 17.9 Å². The van der Waals surface area contributed by atoms with Crippen molar-refractivity contribution in [3.63, 3.8) is 0 Å². The first-order valence-corrected chi connectivity index (χ1v) is 6.12. The van der Waals surface area contributed by atoms with Gasteiger partial charge in [-0.1, -0.05) is 0 Å². The van der Waals surface area contributed by atoms with Gasteiger partial charge in [-0.05, 0) is 19.8 Å². The number of piperidine rings is 1. The van der Waals surface area contributed by atoms with Crippen LogP contribution < -0.4 is 5.32 Å². The van der Waals surface area contributed by atoms with Crippen LogP contribution in [0.4, 0.5) is 4.79 Å². The third-order valence-electron chi connectivity index (χ3n) is 2.53. The number of hydrogen-bond acceptors (Lipinski definition) is 4. The van der Waals surface area contributed by atoms with E-state index in [9.17, 15) is 9.59 Å². The summed E-state index contributed by atoms with van der Waals surface area (Å²) in [6, 6.07) is 0.158. The van der Waals surface area contributed by atoms with Crippen LogP contribution in [0.25, 0.3) is 0 Å². The summed E-state index contributed by atoms with van der Waals surface area (Å²) in [5.74, 6) is 0.149.